The van der Waals surface area contributed by atoms with Gasteiger partial charge in [0.1, 0.15) is 16.2 Å². The van der Waals surface area contributed by atoms with Crippen LogP contribution in [0.2, 0.25) is 0 Å². The predicted octanol–water partition coefficient (Wildman–Crippen LogP) is 4.11. The van der Waals surface area contributed by atoms with Crippen LogP contribution in [0.4, 0.5) is 10.5 Å². The van der Waals surface area contributed by atoms with Crippen LogP contribution < -0.4 is 9.50 Å². The Kier molecular flexibility index (Phi) is 5.37. The number of hydrogen-bond donors (Lipinski definition) is 1. The standard InChI is InChI=1S/C18H21NO5S/c1-13-5-11-16(12-6-13)25(21,22)24-15-9-7-14(8-10-15)19-17(20)23-18(2,3)4/h5-12H,1-4H3,(H,19,20). The molecule has 2 aromatic carbocycles. The van der Waals surface area contributed by atoms with Crippen LogP contribution >= 0.6 is 0 Å². The maximum atomic E-state index is 12.2. The van der Waals surface area contributed by atoms with E-state index in [1.165, 1.54) is 36.4 Å². The molecular formula is C18H21NO5S. The Bertz CT molecular complexity index is 835. The van der Waals surface area contributed by atoms with Crippen LogP contribution in [-0.2, 0) is 14.9 Å². The molecule has 6 nitrogen and oxygen atoms in total. The lowest BCUT2D eigenvalue weighted by Crippen LogP contribution is -2.27. The molecule has 0 heterocycles. The third-order valence-corrected chi connectivity index (χ3v) is 4.28. The second-order valence-electron chi connectivity index (χ2n) is 6.50. The Hall–Kier alpha value is -2.54. The summed E-state index contributed by atoms with van der Waals surface area (Å²) in [6, 6.07) is 12.4. The minimum absolute atomic E-state index is 0.0778. The first-order valence-electron chi connectivity index (χ1n) is 7.66. The summed E-state index contributed by atoms with van der Waals surface area (Å²) in [4.78, 5) is 11.8. The topological polar surface area (TPSA) is 81.7 Å². The van der Waals surface area contributed by atoms with E-state index in [1.807, 2.05) is 6.92 Å². The van der Waals surface area contributed by atoms with Gasteiger partial charge in [0.15, 0.2) is 0 Å². The van der Waals surface area contributed by atoms with Crippen molar-refractivity contribution < 1.29 is 22.1 Å². The van der Waals surface area contributed by atoms with Gasteiger partial charge in [0, 0.05) is 5.69 Å². The molecule has 0 aliphatic rings. The molecule has 0 saturated carbocycles. The lowest BCUT2D eigenvalue weighted by Gasteiger charge is -2.19. The van der Waals surface area contributed by atoms with Crippen molar-refractivity contribution >= 4 is 21.9 Å². The van der Waals surface area contributed by atoms with E-state index in [0.717, 1.165) is 5.56 Å². The molecule has 0 atom stereocenters. The summed E-state index contributed by atoms with van der Waals surface area (Å²) in [5.41, 5.74) is 0.820. The van der Waals surface area contributed by atoms with Gasteiger partial charge in [0.05, 0.1) is 0 Å². The second-order valence-corrected chi connectivity index (χ2v) is 8.05. The molecule has 0 unspecified atom stereocenters. The first-order chi connectivity index (χ1) is 11.5. The third kappa shape index (κ3) is 5.79. The fourth-order valence-corrected chi connectivity index (χ4v) is 2.83. The zero-order chi connectivity index (χ0) is 18.7. The molecule has 134 valence electrons. The molecule has 0 radical (unpaired) electrons. The summed E-state index contributed by atoms with van der Waals surface area (Å²) in [7, 11) is -3.90. The molecule has 1 amide bonds. The van der Waals surface area contributed by atoms with Gasteiger partial charge < -0.3 is 8.92 Å². The molecule has 0 fully saturated rings. The molecule has 0 aliphatic carbocycles. The lowest BCUT2D eigenvalue weighted by atomic mass is 10.2. The maximum Gasteiger partial charge on any atom is 0.412 e. The zero-order valence-corrected chi connectivity index (χ0v) is 15.4. The number of anilines is 1. The van der Waals surface area contributed by atoms with E-state index in [1.54, 1.807) is 32.9 Å². The van der Waals surface area contributed by atoms with Crippen LogP contribution in [0.25, 0.3) is 0 Å². The maximum absolute atomic E-state index is 12.2. The van der Waals surface area contributed by atoms with Gasteiger partial charge in [0.25, 0.3) is 0 Å². The number of amides is 1. The molecule has 0 spiro atoms. The van der Waals surface area contributed by atoms with Crippen molar-refractivity contribution in [2.45, 2.75) is 38.2 Å². The number of nitrogens with one attached hydrogen (secondary N) is 1. The van der Waals surface area contributed by atoms with Gasteiger partial charge in [-0.05, 0) is 64.1 Å². The van der Waals surface area contributed by atoms with E-state index in [4.69, 9.17) is 8.92 Å². The zero-order valence-electron chi connectivity index (χ0n) is 14.6. The number of rotatable bonds is 4. The summed E-state index contributed by atoms with van der Waals surface area (Å²) >= 11 is 0. The van der Waals surface area contributed by atoms with Crippen LogP contribution in [0.3, 0.4) is 0 Å². The van der Waals surface area contributed by atoms with Crippen molar-refractivity contribution in [1.29, 1.82) is 0 Å². The van der Waals surface area contributed by atoms with Gasteiger partial charge in [-0.3, -0.25) is 5.32 Å². The highest BCUT2D eigenvalue weighted by Crippen LogP contribution is 2.21. The van der Waals surface area contributed by atoms with Crippen molar-refractivity contribution in [2.24, 2.45) is 0 Å². The van der Waals surface area contributed by atoms with Gasteiger partial charge in [-0.25, -0.2) is 4.79 Å². The van der Waals surface area contributed by atoms with Crippen LogP contribution in [-0.4, -0.2) is 20.1 Å². The Labute approximate surface area is 147 Å². The molecule has 0 saturated heterocycles. The fourth-order valence-electron chi connectivity index (χ4n) is 1.90. The summed E-state index contributed by atoms with van der Waals surface area (Å²) < 4.78 is 34.7. The predicted molar refractivity (Wildman–Crippen MR) is 95.3 cm³/mol. The van der Waals surface area contributed by atoms with Gasteiger partial charge >= 0.3 is 16.2 Å². The summed E-state index contributed by atoms with van der Waals surface area (Å²) in [6.45, 7) is 7.16. The molecule has 2 rings (SSSR count). The van der Waals surface area contributed by atoms with Crippen LogP contribution in [0.5, 0.6) is 5.75 Å². The number of aryl methyl sites for hydroxylation is 1. The number of benzene rings is 2. The number of ether oxygens (including phenoxy) is 1. The van der Waals surface area contributed by atoms with E-state index in [9.17, 15) is 13.2 Å². The van der Waals surface area contributed by atoms with Crippen LogP contribution in [0.1, 0.15) is 26.3 Å². The normalized spacial score (nSPS) is 11.7. The molecule has 7 heteroatoms. The minimum Gasteiger partial charge on any atom is -0.444 e. The summed E-state index contributed by atoms with van der Waals surface area (Å²) in [5.74, 6) is 0.148. The van der Waals surface area contributed by atoms with Gasteiger partial charge in [-0.1, -0.05) is 17.7 Å². The van der Waals surface area contributed by atoms with Crippen molar-refractivity contribution in [3.63, 3.8) is 0 Å². The smallest absolute Gasteiger partial charge is 0.412 e. The highest BCUT2D eigenvalue weighted by Gasteiger charge is 2.18. The molecule has 0 aliphatic heterocycles. The molecule has 0 bridgehead atoms. The van der Waals surface area contributed by atoms with E-state index in [-0.39, 0.29) is 10.6 Å². The van der Waals surface area contributed by atoms with Gasteiger partial charge in [0.2, 0.25) is 0 Å². The van der Waals surface area contributed by atoms with E-state index in [0.29, 0.717) is 5.69 Å². The third-order valence-electron chi connectivity index (χ3n) is 3.02. The van der Waals surface area contributed by atoms with Gasteiger partial charge in [-0.15, -0.1) is 0 Å². The summed E-state index contributed by atoms with van der Waals surface area (Å²) in [6.07, 6.45) is -0.589. The lowest BCUT2D eigenvalue weighted by molar-refractivity contribution is 0.0636. The first kappa shape index (κ1) is 18.8. The highest BCUT2D eigenvalue weighted by atomic mass is 32.2. The number of carbonyl (C=O) groups excluding carboxylic acids is 1. The largest absolute Gasteiger partial charge is 0.444 e. The quantitative estimate of drug-likeness (QED) is 0.827. The molecular weight excluding hydrogens is 342 g/mol. The molecule has 2 aromatic rings. The number of hydrogen-bond acceptors (Lipinski definition) is 5. The summed E-state index contributed by atoms with van der Waals surface area (Å²) in [5, 5.41) is 2.56. The van der Waals surface area contributed by atoms with Gasteiger partial charge in [-0.2, -0.15) is 8.42 Å². The van der Waals surface area contributed by atoms with Crippen molar-refractivity contribution in [3.05, 3.63) is 54.1 Å². The highest BCUT2D eigenvalue weighted by molar-refractivity contribution is 7.87. The van der Waals surface area contributed by atoms with Crippen molar-refractivity contribution in [2.75, 3.05) is 5.32 Å². The molecule has 25 heavy (non-hydrogen) atoms. The van der Waals surface area contributed by atoms with E-state index in [2.05, 4.69) is 5.32 Å². The monoisotopic (exact) mass is 363 g/mol. The fraction of sp³-hybridized carbons (Fsp3) is 0.278. The molecule has 1 N–H and O–H groups in total. The van der Waals surface area contributed by atoms with Crippen LogP contribution in [0, 0.1) is 6.92 Å². The van der Waals surface area contributed by atoms with Crippen LogP contribution in [0.15, 0.2) is 53.4 Å². The van der Waals surface area contributed by atoms with Crippen molar-refractivity contribution in [3.8, 4) is 5.75 Å². The van der Waals surface area contributed by atoms with Crippen molar-refractivity contribution in [1.82, 2.24) is 0 Å². The van der Waals surface area contributed by atoms with E-state index < -0.39 is 21.8 Å². The average Bonchev–Trinajstić information content (AvgIpc) is 2.47. The Morgan fingerprint density at radius 1 is 0.960 bits per heavy atom. The average molecular weight is 363 g/mol. The van der Waals surface area contributed by atoms with E-state index >= 15 is 0 Å². The minimum atomic E-state index is -3.90. The second kappa shape index (κ2) is 7.14. The Morgan fingerprint density at radius 2 is 1.52 bits per heavy atom. The Morgan fingerprint density at radius 3 is 2.04 bits per heavy atom. The first-order valence-corrected chi connectivity index (χ1v) is 9.07. The molecule has 0 aromatic heterocycles. The number of carbonyl (C=O) groups is 1. The SMILES string of the molecule is Cc1ccc(S(=O)(=O)Oc2ccc(NC(=O)OC(C)(C)C)cc2)cc1. The Balaban J connectivity index is 2.05.